The molecule has 0 saturated heterocycles. The number of nitrogens with zero attached hydrogens (tertiary/aromatic N) is 1. The van der Waals surface area contributed by atoms with Crippen molar-refractivity contribution in [3.8, 4) is 0 Å². The fourth-order valence-corrected chi connectivity index (χ4v) is 2.96. The van der Waals surface area contributed by atoms with Gasteiger partial charge in [-0.1, -0.05) is 30.7 Å². The van der Waals surface area contributed by atoms with Crippen molar-refractivity contribution in [2.45, 2.75) is 19.9 Å². The number of nitrogens with one attached hydrogen (secondary N) is 1. The Morgan fingerprint density at radius 2 is 2.11 bits per heavy atom. The fraction of sp³-hybridized carbons (Fsp3) is 0.538. The molecule has 0 radical (unpaired) electrons. The number of sulfonamides is 1. The molecule has 0 saturated carbocycles. The molecule has 0 aromatic heterocycles. The molecule has 0 aliphatic carbocycles. The van der Waals surface area contributed by atoms with Gasteiger partial charge in [-0.2, -0.15) is 0 Å². The van der Waals surface area contributed by atoms with Gasteiger partial charge in [-0.05, 0) is 30.7 Å². The zero-order valence-corrected chi connectivity index (χ0v) is 13.0. The molecule has 0 aliphatic rings. The lowest BCUT2D eigenvalue weighted by molar-refractivity contribution is 0.419. The third-order valence-electron chi connectivity index (χ3n) is 2.80. The summed E-state index contributed by atoms with van der Waals surface area (Å²) in [7, 11) is -3.07. The summed E-state index contributed by atoms with van der Waals surface area (Å²) in [6, 6.07) is 7.69. The molecule has 6 heteroatoms. The lowest BCUT2D eigenvalue weighted by Gasteiger charge is -2.17. The van der Waals surface area contributed by atoms with Gasteiger partial charge in [-0.3, -0.25) is 0 Å². The Morgan fingerprint density at radius 3 is 2.68 bits per heavy atom. The maximum Gasteiger partial charge on any atom is 0.211 e. The van der Waals surface area contributed by atoms with Gasteiger partial charge in [0.1, 0.15) is 0 Å². The van der Waals surface area contributed by atoms with Gasteiger partial charge in [0, 0.05) is 24.7 Å². The molecular weight excluding hydrogens is 284 g/mol. The molecule has 0 spiro atoms. The van der Waals surface area contributed by atoms with Crippen LogP contribution in [0.15, 0.2) is 24.3 Å². The first-order valence-corrected chi connectivity index (χ1v) is 8.56. The van der Waals surface area contributed by atoms with Gasteiger partial charge in [0.25, 0.3) is 0 Å². The summed E-state index contributed by atoms with van der Waals surface area (Å²) in [5.74, 6) is 0. The predicted molar refractivity (Wildman–Crippen MR) is 79.9 cm³/mol. The largest absolute Gasteiger partial charge is 0.313 e. The van der Waals surface area contributed by atoms with Gasteiger partial charge in [0.05, 0.1) is 6.26 Å². The molecule has 0 atom stereocenters. The maximum absolute atomic E-state index is 11.4. The summed E-state index contributed by atoms with van der Waals surface area (Å²) in [5.41, 5.74) is 1.13. The first-order valence-electron chi connectivity index (χ1n) is 6.33. The van der Waals surface area contributed by atoms with Gasteiger partial charge in [-0.15, -0.1) is 0 Å². The topological polar surface area (TPSA) is 49.4 Å². The molecule has 0 aliphatic heterocycles. The van der Waals surface area contributed by atoms with E-state index >= 15 is 0 Å². The van der Waals surface area contributed by atoms with E-state index in [0.717, 1.165) is 30.1 Å². The normalized spacial score (nSPS) is 12.0. The molecule has 108 valence electrons. The predicted octanol–water partition coefficient (Wildman–Crippen LogP) is 2.10. The molecule has 4 nitrogen and oxygen atoms in total. The average Bonchev–Trinajstić information content (AvgIpc) is 2.32. The van der Waals surface area contributed by atoms with E-state index in [0.29, 0.717) is 13.1 Å². The second kappa shape index (κ2) is 7.85. The van der Waals surface area contributed by atoms with Gasteiger partial charge >= 0.3 is 0 Å². The molecule has 0 amide bonds. The van der Waals surface area contributed by atoms with Crippen LogP contribution in [0, 0.1) is 0 Å². The van der Waals surface area contributed by atoms with Gasteiger partial charge in [0.15, 0.2) is 0 Å². The Hall–Kier alpha value is -0.620. The minimum Gasteiger partial charge on any atom is -0.313 e. The zero-order valence-electron chi connectivity index (χ0n) is 11.4. The summed E-state index contributed by atoms with van der Waals surface area (Å²) in [6.07, 6.45) is 2.04. The zero-order chi connectivity index (χ0) is 14.3. The van der Waals surface area contributed by atoms with Gasteiger partial charge in [-0.25, -0.2) is 12.7 Å². The molecule has 1 aromatic rings. The molecule has 0 unspecified atom stereocenters. The van der Waals surface area contributed by atoms with Crippen molar-refractivity contribution in [2.75, 3.05) is 25.9 Å². The summed E-state index contributed by atoms with van der Waals surface area (Å²) in [6.45, 7) is 4.44. The second-order valence-corrected chi connectivity index (χ2v) is 6.83. The molecule has 0 bridgehead atoms. The highest BCUT2D eigenvalue weighted by Gasteiger charge is 2.12. The van der Waals surface area contributed by atoms with Crippen molar-refractivity contribution < 1.29 is 8.42 Å². The number of hydrogen-bond acceptors (Lipinski definition) is 3. The average molecular weight is 305 g/mol. The van der Waals surface area contributed by atoms with E-state index in [-0.39, 0.29) is 0 Å². The number of rotatable bonds is 8. The first kappa shape index (κ1) is 16.4. The van der Waals surface area contributed by atoms with Crippen molar-refractivity contribution in [1.29, 1.82) is 0 Å². The van der Waals surface area contributed by atoms with Crippen LogP contribution in [0.25, 0.3) is 0 Å². The Balaban J connectivity index is 2.25. The summed E-state index contributed by atoms with van der Waals surface area (Å²) in [4.78, 5) is 0. The van der Waals surface area contributed by atoms with Crippen LogP contribution < -0.4 is 5.32 Å². The lowest BCUT2D eigenvalue weighted by atomic mass is 10.2. The Kier molecular flexibility index (Phi) is 6.79. The first-order chi connectivity index (χ1) is 8.93. The van der Waals surface area contributed by atoms with Crippen LogP contribution in [-0.4, -0.2) is 38.6 Å². The van der Waals surface area contributed by atoms with E-state index in [2.05, 4.69) is 5.32 Å². The van der Waals surface area contributed by atoms with E-state index in [4.69, 9.17) is 11.6 Å². The highest BCUT2D eigenvalue weighted by atomic mass is 35.5. The van der Waals surface area contributed by atoms with E-state index in [1.54, 1.807) is 0 Å². The van der Waals surface area contributed by atoms with Crippen LogP contribution in [0.2, 0.25) is 5.02 Å². The molecule has 19 heavy (non-hydrogen) atoms. The monoisotopic (exact) mass is 304 g/mol. The third kappa shape index (κ3) is 6.38. The molecular formula is C13H21ClN2O2S. The van der Waals surface area contributed by atoms with Crippen LogP contribution in [0.5, 0.6) is 0 Å². The highest BCUT2D eigenvalue weighted by Crippen LogP contribution is 2.10. The van der Waals surface area contributed by atoms with E-state index in [9.17, 15) is 8.42 Å². The van der Waals surface area contributed by atoms with Crippen LogP contribution in [0.4, 0.5) is 0 Å². The summed E-state index contributed by atoms with van der Waals surface area (Å²) in [5, 5.41) is 4.01. The molecule has 1 N–H and O–H groups in total. The molecule has 0 fully saturated rings. The van der Waals surface area contributed by atoms with Crippen molar-refractivity contribution in [1.82, 2.24) is 9.62 Å². The Labute approximate surface area is 120 Å². The van der Waals surface area contributed by atoms with E-state index in [1.807, 2.05) is 31.2 Å². The standard InChI is InChI=1S/C13H21ClN2O2S/c1-3-16(19(2,17)18)9-5-8-15-11-12-6-4-7-13(14)10-12/h4,6-7,10,15H,3,5,8-9,11H2,1-2H3. The second-order valence-electron chi connectivity index (χ2n) is 4.41. The van der Waals surface area contributed by atoms with Gasteiger partial charge in [0.2, 0.25) is 10.0 Å². The summed E-state index contributed by atoms with van der Waals surface area (Å²) < 4.78 is 24.2. The number of benzene rings is 1. The summed E-state index contributed by atoms with van der Waals surface area (Å²) >= 11 is 5.89. The van der Waals surface area contributed by atoms with Gasteiger partial charge < -0.3 is 5.32 Å². The van der Waals surface area contributed by atoms with Crippen LogP contribution in [0.1, 0.15) is 18.9 Å². The molecule has 0 heterocycles. The number of hydrogen-bond donors (Lipinski definition) is 1. The van der Waals surface area contributed by atoms with Crippen LogP contribution in [-0.2, 0) is 16.6 Å². The minimum absolute atomic E-state index is 0.521. The van der Waals surface area contributed by atoms with E-state index in [1.165, 1.54) is 10.6 Å². The lowest BCUT2D eigenvalue weighted by Crippen LogP contribution is -2.32. The van der Waals surface area contributed by atoms with E-state index < -0.39 is 10.0 Å². The molecule has 1 rings (SSSR count). The Morgan fingerprint density at radius 1 is 1.37 bits per heavy atom. The quantitative estimate of drug-likeness (QED) is 0.748. The SMILES string of the molecule is CCN(CCCNCc1cccc(Cl)c1)S(C)(=O)=O. The number of halogens is 1. The highest BCUT2D eigenvalue weighted by molar-refractivity contribution is 7.88. The minimum atomic E-state index is -3.07. The van der Waals surface area contributed by atoms with Crippen molar-refractivity contribution in [3.05, 3.63) is 34.9 Å². The van der Waals surface area contributed by atoms with Crippen molar-refractivity contribution in [3.63, 3.8) is 0 Å². The fourth-order valence-electron chi connectivity index (χ4n) is 1.82. The van der Waals surface area contributed by atoms with Crippen LogP contribution >= 0.6 is 11.6 Å². The van der Waals surface area contributed by atoms with Crippen molar-refractivity contribution in [2.24, 2.45) is 0 Å². The van der Waals surface area contributed by atoms with Crippen molar-refractivity contribution >= 4 is 21.6 Å². The molecule has 1 aromatic carbocycles. The van der Waals surface area contributed by atoms with Crippen LogP contribution in [0.3, 0.4) is 0 Å². The maximum atomic E-state index is 11.4. The smallest absolute Gasteiger partial charge is 0.211 e. The third-order valence-corrected chi connectivity index (χ3v) is 4.41. The Bertz CT molecular complexity index is 491.